The number of benzene rings is 1. The summed E-state index contributed by atoms with van der Waals surface area (Å²) in [6.45, 7) is 5.47. The molecule has 30 heavy (non-hydrogen) atoms. The first-order valence-corrected chi connectivity index (χ1v) is 11.5. The highest BCUT2D eigenvalue weighted by Crippen LogP contribution is 2.28. The molecule has 2 heterocycles. The van der Waals surface area contributed by atoms with Crippen molar-refractivity contribution < 1.29 is 17.6 Å². The van der Waals surface area contributed by atoms with E-state index in [0.29, 0.717) is 37.4 Å². The second-order valence-corrected chi connectivity index (χ2v) is 9.33. The minimum atomic E-state index is -3.22. The molecule has 1 atom stereocenters. The Morgan fingerprint density at radius 1 is 1.13 bits per heavy atom. The van der Waals surface area contributed by atoms with Gasteiger partial charge in [0.25, 0.3) is 0 Å². The van der Waals surface area contributed by atoms with Gasteiger partial charge in [0, 0.05) is 43.5 Å². The van der Waals surface area contributed by atoms with Gasteiger partial charge in [-0.15, -0.1) is 0 Å². The number of hydrogen-bond donors (Lipinski definition) is 2. The molecule has 1 aromatic carbocycles. The smallest absolute Gasteiger partial charge is 0.306 e. The van der Waals surface area contributed by atoms with E-state index < -0.39 is 21.9 Å². The lowest BCUT2D eigenvalue weighted by Crippen LogP contribution is -2.48. The Kier molecular flexibility index (Phi) is 6.69. The summed E-state index contributed by atoms with van der Waals surface area (Å²) in [7, 11) is -3.22. The van der Waals surface area contributed by atoms with E-state index in [0.717, 1.165) is 5.69 Å². The molecule has 0 radical (unpaired) electrons. The highest BCUT2D eigenvalue weighted by molar-refractivity contribution is 7.88. The zero-order valence-electron chi connectivity index (χ0n) is 17.2. The van der Waals surface area contributed by atoms with Crippen LogP contribution in [0.15, 0.2) is 36.5 Å². The number of pyridine rings is 1. The van der Waals surface area contributed by atoms with Gasteiger partial charge in [0.15, 0.2) is 5.82 Å². The van der Waals surface area contributed by atoms with Crippen molar-refractivity contribution in [2.75, 3.05) is 43.1 Å². The van der Waals surface area contributed by atoms with Crippen LogP contribution in [0.5, 0.6) is 0 Å². The van der Waals surface area contributed by atoms with Crippen molar-refractivity contribution in [2.24, 2.45) is 0 Å². The molecule has 0 unspecified atom stereocenters. The van der Waals surface area contributed by atoms with E-state index in [4.69, 9.17) is 0 Å². The summed E-state index contributed by atoms with van der Waals surface area (Å²) in [6, 6.07) is 7.51. The third-order valence-corrected chi connectivity index (χ3v) is 6.49. The first-order valence-electron chi connectivity index (χ1n) is 9.63. The maximum Gasteiger partial charge on any atom is 0.323 e. The number of rotatable bonds is 5. The number of amides is 2. The van der Waals surface area contributed by atoms with Crippen LogP contribution in [-0.2, 0) is 10.0 Å². The maximum absolute atomic E-state index is 15.1. The van der Waals surface area contributed by atoms with Gasteiger partial charge in [-0.3, -0.25) is 9.88 Å². The largest absolute Gasteiger partial charge is 0.323 e. The van der Waals surface area contributed by atoms with Crippen molar-refractivity contribution in [3.63, 3.8) is 0 Å². The van der Waals surface area contributed by atoms with Crippen molar-refractivity contribution in [3.05, 3.63) is 53.6 Å². The summed E-state index contributed by atoms with van der Waals surface area (Å²) in [5, 5.41) is 5.16. The number of carbonyl (C=O) groups excluding carboxylic acids is 1. The number of halogens is 1. The van der Waals surface area contributed by atoms with Gasteiger partial charge < -0.3 is 10.6 Å². The molecule has 162 valence electrons. The van der Waals surface area contributed by atoms with Crippen molar-refractivity contribution in [1.29, 1.82) is 0 Å². The molecule has 2 amide bonds. The fourth-order valence-corrected chi connectivity index (χ4v) is 4.24. The Morgan fingerprint density at radius 3 is 2.43 bits per heavy atom. The third-order valence-electron chi connectivity index (χ3n) is 5.19. The van der Waals surface area contributed by atoms with Crippen LogP contribution in [0.25, 0.3) is 0 Å². The van der Waals surface area contributed by atoms with Crippen LogP contribution < -0.4 is 10.6 Å². The third kappa shape index (κ3) is 5.32. The summed E-state index contributed by atoms with van der Waals surface area (Å²) >= 11 is 0. The first-order chi connectivity index (χ1) is 14.1. The topological polar surface area (TPSA) is 94.6 Å². The standard InChI is InChI=1S/C20H26FN5O3S/c1-14-7-8-16(13-22-14)23-20(27)24-18-6-4-5-17(19(18)21)15(2)25-9-11-26(12-10-25)30(3,28)29/h4-8,13,15H,9-12H2,1-3H3,(H2,23,24,27)/t15-/m0/s1. The molecule has 10 heteroatoms. The van der Waals surface area contributed by atoms with E-state index in [9.17, 15) is 13.2 Å². The van der Waals surface area contributed by atoms with E-state index in [1.165, 1.54) is 22.8 Å². The fraction of sp³-hybridized carbons (Fsp3) is 0.400. The van der Waals surface area contributed by atoms with E-state index >= 15 is 4.39 Å². The van der Waals surface area contributed by atoms with E-state index in [1.54, 1.807) is 24.3 Å². The fourth-order valence-electron chi connectivity index (χ4n) is 3.41. The molecule has 2 aromatic rings. The number of carbonyl (C=O) groups is 1. The van der Waals surface area contributed by atoms with Crippen LogP contribution >= 0.6 is 0 Å². The van der Waals surface area contributed by atoms with Crippen LogP contribution in [0.2, 0.25) is 0 Å². The molecule has 2 N–H and O–H groups in total. The van der Waals surface area contributed by atoms with Gasteiger partial charge in [-0.25, -0.2) is 17.6 Å². The molecule has 1 aliphatic heterocycles. The quantitative estimate of drug-likeness (QED) is 0.753. The molecule has 0 aliphatic carbocycles. The number of hydrogen-bond acceptors (Lipinski definition) is 5. The first kappa shape index (κ1) is 22.1. The molecule has 0 saturated carbocycles. The second kappa shape index (κ2) is 9.07. The predicted molar refractivity (Wildman–Crippen MR) is 114 cm³/mol. The van der Waals surface area contributed by atoms with Gasteiger partial charge in [0.05, 0.1) is 23.8 Å². The van der Waals surface area contributed by atoms with Gasteiger partial charge in [-0.1, -0.05) is 12.1 Å². The Balaban J connectivity index is 1.67. The Morgan fingerprint density at radius 2 is 1.83 bits per heavy atom. The number of aromatic nitrogens is 1. The molecule has 3 rings (SSSR count). The van der Waals surface area contributed by atoms with Crippen LogP contribution in [0, 0.1) is 12.7 Å². The summed E-state index contributed by atoms with van der Waals surface area (Å²) in [4.78, 5) is 18.4. The van der Waals surface area contributed by atoms with Crippen molar-refractivity contribution in [3.8, 4) is 0 Å². The van der Waals surface area contributed by atoms with Crippen LogP contribution in [0.4, 0.5) is 20.6 Å². The zero-order valence-corrected chi connectivity index (χ0v) is 18.0. The average Bonchev–Trinajstić information content (AvgIpc) is 2.70. The number of nitrogens with one attached hydrogen (secondary N) is 2. The average molecular weight is 436 g/mol. The summed E-state index contributed by atoms with van der Waals surface area (Å²) in [5.74, 6) is -0.507. The lowest BCUT2D eigenvalue weighted by Gasteiger charge is -2.37. The Labute approximate surface area is 176 Å². The van der Waals surface area contributed by atoms with Gasteiger partial charge in [-0.05, 0) is 32.0 Å². The SMILES string of the molecule is Cc1ccc(NC(=O)Nc2cccc([C@H](C)N3CCN(S(C)(=O)=O)CC3)c2F)cn1. The van der Waals surface area contributed by atoms with Crippen molar-refractivity contribution >= 4 is 27.4 Å². The van der Waals surface area contributed by atoms with E-state index in [-0.39, 0.29) is 11.7 Å². The number of aryl methyl sites for hydroxylation is 1. The number of sulfonamides is 1. The van der Waals surface area contributed by atoms with Crippen LogP contribution in [0.1, 0.15) is 24.2 Å². The molecule has 0 bridgehead atoms. The van der Waals surface area contributed by atoms with Gasteiger partial charge >= 0.3 is 6.03 Å². The maximum atomic E-state index is 15.1. The second-order valence-electron chi connectivity index (χ2n) is 7.35. The molecular weight excluding hydrogens is 409 g/mol. The molecule has 8 nitrogen and oxygen atoms in total. The number of nitrogens with zero attached hydrogens (tertiary/aromatic N) is 3. The van der Waals surface area contributed by atoms with Gasteiger partial charge in [0.2, 0.25) is 10.0 Å². The normalized spacial score (nSPS) is 16.8. The van der Waals surface area contributed by atoms with Crippen molar-refractivity contribution in [1.82, 2.24) is 14.2 Å². The highest BCUT2D eigenvalue weighted by Gasteiger charge is 2.28. The molecule has 1 saturated heterocycles. The van der Waals surface area contributed by atoms with Crippen LogP contribution in [0.3, 0.4) is 0 Å². The zero-order chi connectivity index (χ0) is 21.9. The lowest BCUT2D eigenvalue weighted by molar-refractivity contribution is 0.144. The Hall–Kier alpha value is -2.56. The molecule has 1 fully saturated rings. The monoisotopic (exact) mass is 435 g/mol. The van der Waals surface area contributed by atoms with Crippen LogP contribution in [-0.4, -0.2) is 61.1 Å². The van der Waals surface area contributed by atoms with Crippen molar-refractivity contribution in [2.45, 2.75) is 19.9 Å². The van der Waals surface area contributed by atoms with E-state index in [1.807, 2.05) is 18.7 Å². The summed E-state index contributed by atoms with van der Waals surface area (Å²) in [6.07, 6.45) is 2.72. The minimum Gasteiger partial charge on any atom is -0.306 e. The molecular formula is C20H26FN5O3S. The lowest BCUT2D eigenvalue weighted by atomic mass is 10.0. The predicted octanol–water partition coefficient (Wildman–Crippen LogP) is 2.81. The molecule has 1 aromatic heterocycles. The summed E-state index contributed by atoms with van der Waals surface area (Å²) < 4.78 is 39.9. The van der Waals surface area contributed by atoms with Gasteiger partial charge in [-0.2, -0.15) is 4.31 Å². The molecule has 0 spiro atoms. The van der Waals surface area contributed by atoms with E-state index in [2.05, 4.69) is 15.6 Å². The number of urea groups is 1. The minimum absolute atomic E-state index is 0.0756. The summed E-state index contributed by atoms with van der Waals surface area (Å²) in [5.41, 5.74) is 1.85. The Bertz CT molecular complexity index is 1010. The van der Waals surface area contributed by atoms with Gasteiger partial charge in [0.1, 0.15) is 0 Å². The molecule has 1 aliphatic rings. The number of anilines is 2. The highest BCUT2D eigenvalue weighted by atomic mass is 32.2. The number of piperazine rings is 1.